The van der Waals surface area contributed by atoms with Crippen molar-refractivity contribution in [1.29, 1.82) is 0 Å². The zero-order valence-electron chi connectivity index (χ0n) is 16.4. The third-order valence-corrected chi connectivity index (χ3v) is 5.08. The number of hydrogen-bond acceptors (Lipinski definition) is 6. The molecule has 1 fully saturated rings. The maximum atomic E-state index is 5.89. The van der Waals surface area contributed by atoms with Crippen LogP contribution in [0.25, 0.3) is 10.9 Å². The molecule has 0 spiro atoms. The summed E-state index contributed by atoms with van der Waals surface area (Å²) in [5.74, 6) is 1.78. The van der Waals surface area contributed by atoms with Gasteiger partial charge in [0.25, 0.3) is 0 Å². The number of methoxy groups -OCH3 is 1. The molecule has 1 saturated carbocycles. The first-order valence-corrected chi connectivity index (χ1v) is 10.2. The fourth-order valence-corrected chi connectivity index (χ4v) is 3.57. The molecule has 1 aromatic carbocycles. The van der Waals surface area contributed by atoms with Gasteiger partial charge in [0.2, 0.25) is 0 Å². The predicted molar refractivity (Wildman–Crippen MR) is 110 cm³/mol. The molecule has 0 atom stereocenters. The molecule has 6 heteroatoms. The average Bonchev–Trinajstić information content (AvgIpc) is 2.67. The Morgan fingerprint density at radius 2 is 1.78 bits per heavy atom. The van der Waals surface area contributed by atoms with Crippen molar-refractivity contribution in [2.45, 2.75) is 51.0 Å². The lowest BCUT2D eigenvalue weighted by atomic mass is 9.96. The highest BCUT2D eigenvalue weighted by atomic mass is 16.5. The molecule has 0 bridgehead atoms. The van der Waals surface area contributed by atoms with Gasteiger partial charge < -0.3 is 20.1 Å². The second-order valence-corrected chi connectivity index (χ2v) is 7.18. The van der Waals surface area contributed by atoms with Gasteiger partial charge in [0.05, 0.1) is 12.1 Å². The van der Waals surface area contributed by atoms with Gasteiger partial charge in [-0.05, 0) is 31.0 Å². The zero-order valence-corrected chi connectivity index (χ0v) is 16.4. The van der Waals surface area contributed by atoms with Gasteiger partial charge >= 0.3 is 0 Å². The molecular weight excluding hydrogens is 340 g/mol. The van der Waals surface area contributed by atoms with Crippen LogP contribution in [0, 0.1) is 0 Å². The molecule has 148 valence electrons. The van der Waals surface area contributed by atoms with Crippen molar-refractivity contribution in [1.82, 2.24) is 15.3 Å². The minimum Gasteiger partial charge on any atom is -0.492 e. The molecule has 0 unspecified atom stereocenters. The van der Waals surface area contributed by atoms with Crippen molar-refractivity contribution >= 4 is 16.7 Å². The first-order valence-electron chi connectivity index (χ1n) is 10.2. The molecule has 0 radical (unpaired) electrons. The van der Waals surface area contributed by atoms with E-state index in [1.54, 1.807) is 13.4 Å². The Kier molecular flexibility index (Phi) is 8.11. The summed E-state index contributed by atoms with van der Waals surface area (Å²) in [6.45, 7) is 2.96. The largest absolute Gasteiger partial charge is 0.492 e. The van der Waals surface area contributed by atoms with Crippen LogP contribution in [0.1, 0.15) is 44.9 Å². The SMILES string of the molecule is COCCNCCOc1ccc2ncnc(NC3CCCCCCC3)c2c1. The second kappa shape index (κ2) is 11.0. The fourth-order valence-electron chi connectivity index (χ4n) is 3.57. The van der Waals surface area contributed by atoms with Gasteiger partial charge in [-0.15, -0.1) is 0 Å². The number of nitrogens with zero attached hydrogens (tertiary/aromatic N) is 2. The molecule has 2 N–H and O–H groups in total. The Labute approximate surface area is 162 Å². The quantitative estimate of drug-likeness (QED) is 0.653. The molecule has 6 nitrogen and oxygen atoms in total. The Morgan fingerprint density at radius 1 is 1.00 bits per heavy atom. The summed E-state index contributed by atoms with van der Waals surface area (Å²) in [5.41, 5.74) is 0.948. The summed E-state index contributed by atoms with van der Waals surface area (Å²) >= 11 is 0. The van der Waals surface area contributed by atoms with Crippen LogP contribution in [0.15, 0.2) is 24.5 Å². The summed E-state index contributed by atoms with van der Waals surface area (Å²) in [5, 5.41) is 7.99. The molecule has 0 saturated heterocycles. The summed E-state index contributed by atoms with van der Waals surface area (Å²) in [6.07, 6.45) is 10.7. The molecule has 27 heavy (non-hydrogen) atoms. The maximum Gasteiger partial charge on any atom is 0.137 e. The van der Waals surface area contributed by atoms with Crippen LogP contribution >= 0.6 is 0 Å². The smallest absolute Gasteiger partial charge is 0.137 e. The third-order valence-electron chi connectivity index (χ3n) is 5.08. The lowest BCUT2D eigenvalue weighted by Crippen LogP contribution is -2.24. The van der Waals surface area contributed by atoms with Crippen LogP contribution in [0.3, 0.4) is 0 Å². The van der Waals surface area contributed by atoms with E-state index in [2.05, 4.69) is 26.7 Å². The van der Waals surface area contributed by atoms with Gasteiger partial charge in [-0.2, -0.15) is 0 Å². The van der Waals surface area contributed by atoms with Crippen LogP contribution in [-0.2, 0) is 4.74 Å². The van der Waals surface area contributed by atoms with E-state index in [9.17, 15) is 0 Å². The molecule has 2 aromatic rings. The molecule has 1 aliphatic rings. The number of rotatable bonds is 9. The van der Waals surface area contributed by atoms with Crippen molar-refractivity contribution in [2.75, 3.05) is 38.7 Å². The fraction of sp³-hybridized carbons (Fsp3) is 0.619. The van der Waals surface area contributed by atoms with E-state index >= 15 is 0 Å². The predicted octanol–water partition coefficient (Wildman–Crippen LogP) is 3.77. The van der Waals surface area contributed by atoms with E-state index in [-0.39, 0.29) is 0 Å². The molecule has 0 aliphatic heterocycles. The highest BCUT2D eigenvalue weighted by Crippen LogP contribution is 2.27. The lowest BCUT2D eigenvalue weighted by Gasteiger charge is -2.22. The molecule has 1 aliphatic carbocycles. The normalized spacial score (nSPS) is 16.0. The Morgan fingerprint density at radius 3 is 2.59 bits per heavy atom. The van der Waals surface area contributed by atoms with E-state index in [4.69, 9.17) is 9.47 Å². The number of nitrogens with one attached hydrogen (secondary N) is 2. The van der Waals surface area contributed by atoms with Crippen LogP contribution in [0.5, 0.6) is 5.75 Å². The molecule has 3 rings (SSSR count). The van der Waals surface area contributed by atoms with Crippen molar-refractivity contribution in [2.24, 2.45) is 0 Å². The Bertz CT molecular complexity index is 687. The van der Waals surface area contributed by atoms with Crippen molar-refractivity contribution < 1.29 is 9.47 Å². The van der Waals surface area contributed by atoms with E-state index < -0.39 is 0 Å². The van der Waals surface area contributed by atoms with Crippen molar-refractivity contribution in [3.05, 3.63) is 24.5 Å². The summed E-state index contributed by atoms with van der Waals surface area (Å²) in [4.78, 5) is 8.93. The number of anilines is 1. The van der Waals surface area contributed by atoms with E-state index in [0.29, 0.717) is 19.3 Å². The minimum atomic E-state index is 0.498. The number of ether oxygens (including phenoxy) is 2. The average molecular weight is 373 g/mol. The zero-order chi connectivity index (χ0) is 18.7. The Hall–Kier alpha value is -1.92. The van der Waals surface area contributed by atoms with Crippen molar-refractivity contribution in [3.63, 3.8) is 0 Å². The first-order chi connectivity index (χ1) is 13.4. The first kappa shape index (κ1) is 19.8. The van der Waals surface area contributed by atoms with Gasteiger partial charge in [0.1, 0.15) is 24.5 Å². The number of aromatic nitrogens is 2. The van der Waals surface area contributed by atoms with Gasteiger partial charge in [-0.1, -0.05) is 32.1 Å². The summed E-state index contributed by atoms with van der Waals surface area (Å²) in [6, 6.07) is 6.53. The second-order valence-electron chi connectivity index (χ2n) is 7.18. The minimum absolute atomic E-state index is 0.498. The standard InChI is InChI=1S/C21H32N4O2/c1-26-13-11-22-12-14-27-18-9-10-20-19(15-18)21(24-16-23-20)25-17-7-5-3-2-4-6-8-17/h9-10,15-17,22H,2-8,11-14H2,1H3,(H,23,24,25). The Balaban J connectivity index is 1.62. The number of benzene rings is 1. The number of hydrogen-bond donors (Lipinski definition) is 2. The highest BCUT2D eigenvalue weighted by Gasteiger charge is 2.14. The molecular formula is C21H32N4O2. The summed E-state index contributed by atoms with van der Waals surface area (Å²) < 4.78 is 10.9. The number of fused-ring (bicyclic) bond motifs is 1. The van der Waals surface area contributed by atoms with Crippen LogP contribution in [-0.4, -0.2) is 49.4 Å². The van der Waals surface area contributed by atoms with Crippen LogP contribution < -0.4 is 15.4 Å². The molecule has 1 aromatic heterocycles. The van der Waals surface area contributed by atoms with Gasteiger partial charge in [0, 0.05) is 31.6 Å². The van der Waals surface area contributed by atoms with Gasteiger partial charge in [-0.25, -0.2) is 9.97 Å². The van der Waals surface area contributed by atoms with Gasteiger partial charge in [-0.3, -0.25) is 0 Å². The third kappa shape index (κ3) is 6.33. The van der Waals surface area contributed by atoms with E-state index in [1.807, 2.05) is 12.1 Å². The topological polar surface area (TPSA) is 68.3 Å². The van der Waals surface area contributed by atoms with Crippen molar-refractivity contribution in [3.8, 4) is 5.75 Å². The van der Waals surface area contributed by atoms with Crippen LogP contribution in [0.2, 0.25) is 0 Å². The monoisotopic (exact) mass is 372 g/mol. The highest BCUT2D eigenvalue weighted by molar-refractivity contribution is 5.90. The van der Waals surface area contributed by atoms with E-state index in [0.717, 1.165) is 35.6 Å². The van der Waals surface area contributed by atoms with Gasteiger partial charge in [0.15, 0.2) is 0 Å². The molecule has 0 amide bonds. The van der Waals surface area contributed by atoms with Crippen LogP contribution in [0.4, 0.5) is 5.82 Å². The molecule has 1 heterocycles. The lowest BCUT2D eigenvalue weighted by molar-refractivity contribution is 0.197. The van der Waals surface area contributed by atoms with E-state index in [1.165, 1.54) is 44.9 Å². The summed E-state index contributed by atoms with van der Waals surface area (Å²) in [7, 11) is 1.71. The maximum absolute atomic E-state index is 5.89.